The first-order valence-corrected chi connectivity index (χ1v) is 10.2. The van der Waals surface area contributed by atoms with Gasteiger partial charge in [-0.25, -0.2) is 9.59 Å². The van der Waals surface area contributed by atoms with Crippen LogP contribution in [0.15, 0.2) is 82.0 Å². The molecule has 1 aromatic heterocycles. The molecular weight excluding hydrogens is 432 g/mol. The zero-order chi connectivity index (χ0) is 22.5. The standard InChI is InChI=1S/C23H19ClN4O4/c24-15-6-11-19-20(14-15)32-23(31)28(19)13-12-21(29)25-17-7-9-18(10-8-17)27-22(30)26-16-4-2-1-3-5-16/h1-11,14H,12-13H2,(H,25,29)(H2,26,27,30). The van der Waals surface area contributed by atoms with E-state index < -0.39 is 5.76 Å². The van der Waals surface area contributed by atoms with Gasteiger partial charge in [-0.2, -0.15) is 0 Å². The predicted molar refractivity (Wildman–Crippen MR) is 124 cm³/mol. The molecule has 9 heteroatoms. The number of nitrogens with one attached hydrogen (secondary N) is 3. The topological polar surface area (TPSA) is 105 Å². The lowest BCUT2D eigenvalue weighted by Gasteiger charge is -2.09. The molecule has 0 saturated carbocycles. The third-order valence-corrected chi connectivity index (χ3v) is 4.89. The normalized spacial score (nSPS) is 10.7. The van der Waals surface area contributed by atoms with Crippen LogP contribution < -0.4 is 21.7 Å². The van der Waals surface area contributed by atoms with Crippen LogP contribution in [0.5, 0.6) is 0 Å². The summed E-state index contributed by atoms with van der Waals surface area (Å²) in [5, 5.41) is 8.68. The highest BCUT2D eigenvalue weighted by Gasteiger charge is 2.12. The van der Waals surface area contributed by atoms with E-state index in [1.54, 1.807) is 54.6 Å². The molecule has 32 heavy (non-hydrogen) atoms. The van der Waals surface area contributed by atoms with Gasteiger partial charge in [-0.15, -0.1) is 0 Å². The van der Waals surface area contributed by atoms with Crippen LogP contribution in [0.3, 0.4) is 0 Å². The molecule has 0 fully saturated rings. The number of aromatic nitrogens is 1. The van der Waals surface area contributed by atoms with Crippen LogP contribution in [-0.2, 0) is 11.3 Å². The molecule has 3 aromatic carbocycles. The lowest BCUT2D eigenvalue weighted by atomic mass is 10.2. The van der Waals surface area contributed by atoms with Crippen molar-refractivity contribution in [1.29, 1.82) is 0 Å². The van der Waals surface area contributed by atoms with E-state index in [4.69, 9.17) is 16.0 Å². The van der Waals surface area contributed by atoms with Gasteiger partial charge in [-0.05, 0) is 48.5 Å². The van der Waals surface area contributed by atoms with Crippen molar-refractivity contribution >= 4 is 51.7 Å². The van der Waals surface area contributed by atoms with Gasteiger partial charge in [0.05, 0.1) is 5.52 Å². The molecule has 0 spiro atoms. The van der Waals surface area contributed by atoms with Crippen LogP contribution in [0.4, 0.5) is 21.9 Å². The summed E-state index contributed by atoms with van der Waals surface area (Å²) in [6.07, 6.45) is 0.0800. The number of hydrogen-bond donors (Lipinski definition) is 3. The molecule has 0 bridgehead atoms. The van der Waals surface area contributed by atoms with E-state index in [1.807, 2.05) is 18.2 Å². The maximum Gasteiger partial charge on any atom is 0.419 e. The zero-order valence-corrected chi connectivity index (χ0v) is 17.6. The summed E-state index contributed by atoms with van der Waals surface area (Å²) >= 11 is 5.91. The van der Waals surface area contributed by atoms with E-state index >= 15 is 0 Å². The van der Waals surface area contributed by atoms with Crippen LogP contribution >= 0.6 is 11.6 Å². The quantitative estimate of drug-likeness (QED) is 0.387. The summed E-state index contributed by atoms with van der Waals surface area (Å²) in [6, 6.07) is 20.3. The number of amides is 3. The van der Waals surface area contributed by atoms with Crippen molar-refractivity contribution in [1.82, 2.24) is 4.57 Å². The molecule has 0 saturated heterocycles. The fourth-order valence-corrected chi connectivity index (χ4v) is 3.30. The summed E-state index contributed by atoms with van der Waals surface area (Å²) in [5.41, 5.74) is 2.78. The number of benzene rings is 3. The van der Waals surface area contributed by atoms with Crippen molar-refractivity contribution in [2.75, 3.05) is 16.0 Å². The maximum absolute atomic E-state index is 12.3. The number of oxazole rings is 1. The second-order valence-corrected chi connectivity index (χ2v) is 7.39. The molecule has 0 aliphatic rings. The van der Waals surface area contributed by atoms with Gasteiger partial charge < -0.3 is 20.4 Å². The minimum Gasteiger partial charge on any atom is -0.408 e. The number of nitrogens with zero attached hydrogens (tertiary/aromatic N) is 1. The van der Waals surface area contributed by atoms with Crippen LogP contribution in [0, 0.1) is 0 Å². The molecule has 162 valence electrons. The fourth-order valence-electron chi connectivity index (χ4n) is 3.14. The summed E-state index contributed by atoms with van der Waals surface area (Å²) in [7, 11) is 0. The van der Waals surface area contributed by atoms with Crippen molar-refractivity contribution < 1.29 is 14.0 Å². The average molecular weight is 451 g/mol. The first-order valence-electron chi connectivity index (χ1n) is 9.80. The van der Waals surface area contributed by atoms with Gasteiger partial charge in [0.2, 0.25) is 5.91 Å². The van der Waals surface area contributed by atoms with Crippen molar-refractivity contribution in [3.8, 4) is 0 Å². The van der Waals surface area contributed by atoms with Crippen LogP contribution in [-0.4, -0.2) is 16.5 Å². The lowest BCUT2D eigenvalue weighted by molar-refractivity contribution is -0.116. The number of carbonyl (C=O) groups is 2. The SMILES string of the molecule is O=C(CCn1c(=O)oc2cc(Cl)ccc21)Nc1ccc(NC(=O)Nc2ccccc2)cc1. The van der Waals surface area contributed by atoms with Crippen LogP contribution in [0.25, 0.3) is 11.1 Å². The molecule has 0 aliphatic heterocycles. The molecule has 3 amide bonds. The van der Waals surface area contributed by atoms with Crippen molar-refractivity contribution in [3.05, 3.63) is 88.4 Å². The molecule has 4 rings (SSSR count). The molecule has 0 aliphatic carbocycles. The Hall–Kier alpha value is -4.04. The third-order valence-electron chi connectivity index (χ3n) is 4.65. The Kier molecular flexibility index (Phi) is 6.23. The smallest absolute Gasteiger partial charge is 0.408 e. The second-order valence-electron chi connectivity index (χ2n) is 6.95. The van der Waals surface area contributed by atoms with Gasteiger partial charge >= 0.3 is 11.8 Å². The number of hydrogen-bond acceptors (Lipinski definition) is 4. The summed E-state index contributed by atoms with van der Waals surface area (Å²) in [4.78, 5) is 36.4. The Bertz CT molecular complexity index is 1310. The van der Waals surface area contributed by atoms with Crippen LogP contribution in [0.2, 0.25) is 5.02 Å². The van der Waals surface area contributed by atoms with E-state index in [1.165, 1.54) is 4.57 Å². The van der Waals surface area contributed by atoms with Crippen molar-refractivity contribution in [3.63, 3.8) is 0 Å². The number of urea groups is 1. The minimum atomic E-state index is -0.542. The Morgan fingerprint density at radius 2 is 1.47 bits per heavy atom. The molecule has 8 nitrogen and oxygen atoms in total. The Morgan fingerprint density at radius 1 is 0.844 bits per heavy atom. The van der Waals surface area contributed by atoms with E-state index in [0.29, 0.717) is 33.2 Å². The maximum atomic E-state index is 12.3. The number of anilines is 3. The first-order chi connectivity index (χ1) is 15.5. The van der Waals surface area contributed by atoms with Gasteiger partial charge in [-0.3, -0.25) is 9.36 Å². The highest BCUT2D eigenvalue weighted by molar-refractivity contribution is 6.31. The van der Waals surface area contributed by atoms with E-state index in [2.05, 4.69) is 16.0 Å². The number of aryl methyl sites for hydroxylation is 1. The second kappa shape index (κ2) is 9.40. The monoisotopic (exact) mass is 450 g/mol. The van der Waals surface area contributed by atoms with Gasteiger partial charge in [0, 0.05) is 41.1 Å². The van der Waals surface area contributed by atoms with Gasteiger partial charge in [0.1, 0.15) is 0 Å². The largest absolute Gasteiger partial charge is 0.419 e. The predicted octanol–water partition coefficient (Wildman–Crippen LogP) is 4.92. The third kappa shape index (κ3) is 5.16. The highest BCUT2D eigenvalue weighted by atomic mass is 35.5. The number of halogens is 1. The molecular formula is C23H19ClN4O4. The molecule has 0 radical (unpaired) electrons. The first kappa shape index (κ1) is 21.2. The minimum absolute atomic E-state index is 0.0800. The summed E-state index contributed by atoms with van der Waals surface area (Å²) < 4.78 is 6.56. The molecule has 4 aromatic rings. The van der Waals surface area contributed by atoms with E-state index in [0.717, 1.165) is 0 Å². The molecule has 0 unspecified atom stereocenters. The van der Waals surface area contributed by atoms with Crippen LogP contribution in [0.1, 0.15) is 6.42 Å². The highest BCUT2D eigenvalue weighted by Crippen LogP contribution is 2.19. The molecule has 0 atom stereocenters. The number of carbonyl (C=O) groups excluding carboxylic acids is 2. The van der Waals surface area contributed by atoms with Crippen molar-refractivity contribution in [2.45, 2.75) is 13.0 Å². The Labute approximate surface area is 187 Å². The lowest BCUT2D eigenvalue weighted by Crippen LogP contribution is -2.20. The average Bonchev–Trinajstić information content (AvgIpc) is 3.08. The van der Waals surface area contributed by atoms with Gasteiger partial charge in [0.25, 0.3) is 0 Å². The molecule has 3 N–H and O–H groups in total. The van der Waals surface area contributed by atoms with Crippen molar-refractivity contribution in [2.24, 2.45) is 0 Å². The Balaban J connectivity index is 1.31. The van der Waals surface area contributed by atoms with Gasteiger partial charge in [-0.1, -0.05) is 29.8 Å². The summed E-state index contributed by atoms with van der Waals surface area (Å²) in [6.45, 7) is 0.165. The Morgan fingerprint density at radius 3 is 2.16 bits per heavy atom. The summed E-state index contributed by atoms with van der Waals surface area (Å²) in [5.74, 6) is -0.804. The van der Waals surface area contributed by atoms with Gasteiger partial charge in [0.15, 0.2) is 5.58 Å². The van der Waals surface area contributed by atoms with E-state index in [9.17, 15) is 14.4 Å². The number of rotatable bonds is 6. The zero-order valence-electron chi connectivity index (χ0n) is 16.8. The molecule has 1 heterocycles. The van der Waals surface area contributed by atoms with E-state index in [-0.39, 0.29) is 24.9 Å². The number of para-hydroxylation sites is 1. The fraction of sp³-hybridized carbons (Fsp3) is 0.0870. The number of fused-ring (bicyclic) bond motifs is 1.